The van der Waals surface area contributed by atoms with E-state index in [0.29, 0.717) is 0 Å². The number of hydrogen-bond donors (Lipinski definition) is 0. The van der Waals surface area contributed by atoms with Crippen molar-refractivity contribution in [2.45, 2.75) is 19.6 Å². The van der Waals surface area contributed by atoms with Crippen LogP contribution in [0, 0.1) is 5.70 Å². The van der Waals surface area contributed by atoms with Crippen molar-refractivity contribution in [1.82, 2.24) is 0 Å². The van der Waals surface area contributed by atoms with Crippen LogP contribution in [-0.4, -0.2) is 22.0 Å². The minimum absolute atomic E-state index is 0.278. The Hall–Kier alpha value is 0.600. The first kappa shape index (κ1) is 16.0. The van der Waals surface area contributed by atoms with Crippen molar-refractivity contribution < 1.29 is 25.8 Å². The Morgan fingerprint density at radius 2 is 2.00 bits per heavy atom. The molecule has 0 N–H and O–H groups in total. The quantitative estimate of drug-likeness (QED) is 0.198. The number of halogens is 1. The molecule has 0 fully saturated rings. The fourth-order valence-electron chi connectivity index (χ4n) is 0.390. The molecule has 72 valence electrons. The van der Waals surface area contributed by atoms with Crippen LogP contribution in [0.5, 0.6) is 0 Å². The van der Waals surface area contributed by atoms with Crippen molar-refractivity contribution in [3.63, 3.8) is 0 Å². The molecule has 0 spiro atoms. The zero-order valence-electron chi connectivity index (χ0n) is 8.69. The van der Waals surface area contributed by atoms with E-state index in [1.165, 1.54) is 22.6 Å². The molecule has 0 bridgehead atoms. The molecule has 5 heteroatoms. The average Bonchev–Trinajstić information content (AvgIpc) is 2.06. The summed E-state index contributed by atoms with van der Waals surface area (Å²) in [6.45, 7) is 6.83. The SMILES string of the molecule is COCOC=C=[C-][Si](C)(C)C.[Zn+][Br]. The van der Waals surface area contributed by atoms with Crippen molar-refractivity contribution >= 4 is 21.7 Å². The van der Waals surface area contributed by atoms with Gasteiger partial charge in [0.1, 0.15) is 0 Å². The van der Waals surface area contributed by atoms with Crippen LogP contribution in [0.15, 0.2) is 12.0 Å². The summed E-state index contributed by atoms with van der Waals surface area (Å²) in [5.74, 6) is 0. The average molecular weight is 317 g/mol. The monoisotopic (exact) mass is 314 g/mol. The summed E-state index contributed by atoms with van der Waals surface area (Å²) in [4.78, 5) is 0. The van der Waals surface area contributed by atoms with Gasteiger partial charge in [0.15, 0.2) is 6.79 Å². The Balaban J connectivity index is 0. The molecule has 2 nitrogen and oxygen atoms in total. The summed E-state index contributed by atoms with van der Waals surface area (Å²) in [5.41, 5.74) is 5.98. The van der Waals surface area contributed by atoms with E-state index in [2.05, 4.69) is 49.4 Å². The van der Waals surface area contributed by atoms with Crippen molar-refractivity contribution in [3.8, 4) is 0 Å². The van der Waals surface area contributed by atoms with Gasteiger partial charge in [-0.1, -0.05) is 19.6 Å². The molecule has 13 heavy (non-hydrogen) atoms. The Morgan fingerprint density at radius 1 is 1.46 bits per heavy atom. The molecule has 0 aromatic heterocycles. The maximum absolute atomic E-state index is 4.88. The zero-order valence-corrected chi connectivity index (χ0v) is 14.2. The van der Waals surface area contributed by atoms with E-state index in [-0.39, 0.29) is 6.79 Å². The molecule has 0 radical (unpaired) electrons. The van der Waals surface area contributed by atoms with E-state index < -0.39 is 8.07 Å². The minimum atomic E-state index is -1.23. The first-order valence-corrected chi connectivity index (χ1v) is 14.2. The zero-order chi connectivity index (χ0) is 10.7. The van der Waals surface area contributed by atoms with Crippen molar-refractivity contribution in [2.24, 2.45) is 0 Å². The molecule has 0 heterocycles. The second-order valence-corrected chi connectivity index (χ2v) is 7.96. The summed E-state index contributed by atoms with van der Waals surface area (Å²) in [6.07, 6.45) is 1.49. The van der Waals surface area contributed by atoms with Gasteiger partial charge < -0.3 is 9.47 Å². The molecule has 0 atom stereocenters. The normalized spacial score (nSPS) is 9.15. The molecule has 0 saturated carbocycles. The van der Waals surface area contributed by atoms with Crippen molar-refractivity contribution in [1.29, 1.82) is 0 Å². The fourth-order valence-corrected chi connectivity index (χ4v) is 0.882. The molecular weight excluding hydrogens is 301 g/mol. The third-order valence-corrected chi connectivity index (χ3v) is 1.67. The third-order valence-electron chi connectivity index (χ3n) is 0.775. The van der Waals surface area contributed by atoms with Gasteiger partial charge in [-0.25, -0.2) is 5.70 Å². The Kier molecular flexibility index (Phi) is 13.2. The molecule has 0 saturated heterocycles. The standard InChI is InChI=1S/C8H15O2Si.BrH.Zn/c1-9-8-10-6-5-7-11(2,3)4;;/h6H,8H2,1-4H3;1H;/q-1;;+2/p-1. The summed E-state index contributed by atoms with van der Waals surface area (Å²) < 4.78 is 9.54. The molecule has 0 unspecified atom stereocenters. The Morgan fingerprint density at radius 3 is 2.38 bits per heavy atom. The Bertz CT molecular complexity index is 162. The van der Waals surface area contributed by atoms with Crippen LogP contribution in [0.25, 0.3) is 0 Å². The van der Waals surface area contributed by atoms with Gasteiger partial charge in [0.2, 0.25) is 0 Å². The van der Waals surface area contributed by atoms with E-state index in [0.717, 1.165) is 0 Å². The summed E-state index contributed by atoms with van der Waals surface area (Å²) in [7, 11) is 0.353. The predicted molar refractivity (Wildman–Crippen MR) is 56.6 cm³/mol. The van der Waals surface area contributed by atoms with Gasteiger partial charge in [0, 0.05) is 7.11 Å². The molecule has 0 aliphatic rings. The fraction of sp³-hybridized carbons (Fsp3) is 0.625. The third kappa shape index (κ3) is 19.1. The van der Waals surface area contributed by atoms with Crippen LogP contribution < -0.4 is 0 Å². The van der Waals surface area contributed by atoms with Gasteiger partial charge >= 0.3 is 30.0 Å². The van der Waals surface area contributed by atoms with Crippen LogP contribution in [0.2, 0.25) is 19.6 Å². The topological polar surface area (TPSA) is 18.5 Å². The van der Waals surface area contributed by atoms with Crippen LogP contribution in [-0.2, 0) is 25.8 Å². The van der Waals surface area contributed by atoms with Gasteiger partial charge in [-0.2, -0.15) is 0 Å². The number of methoxy groups -OCH3 is 1. The second-order valence-electron chi connectivity index (χ2n) is 3.21. The molecular formula is C8H15BrO2SiZn. The summed E-state index contributed by atoms with van der Waals surface area (Å²) >= 11 is 4.25. The van der Waals surface area contributed by atoms with E-state index in [9.17, 15) is 0 Å². The van der Waals surface area contributed by atoms with E-state index in [1.807, 2.05) is 0 Å². The maximum atomic E-state index is 4.88. The van der Waals surface area contributed by atoms with E-state index >= 15 is 0 Å². The van der Waals surface area contributed by atoms with Gasteiger partial charge in [-0.3, -0.25) is 5.73 Å². The molecule has 0 amide bonds. The number of rotatable bonds is 4. The Labute approximate surface area is 98.4 Å². The first-order valence-electron chi connectivity index (χ1n) is 3.78. The van der Waals surface area contributed by atoms with Crippen LogP contribution >= 0.6 is 13.6 Å². The predicted octanol–water partition coefficient (Wildman–Crippen LogP) is 2.80. The number of ether oxygens (including phenoxy) is 2. The van der Waals surface area contributed by atoms with Gasteiger partial charge in [0.25, 0.3) is 0 Å². The van der Waals surface area contributed by atoms with Gasteiger partial charge in [0.05, 0.1) is 0 Å². The molecule has 0 aliphatic heterocycles. The molecule has 0 rings (SSSR count). The number of hydrogen-bond acceptors (Lipinski definition) is 2. The van der Waals surface area contributed by atoms with Crippen LogP contribution in [0.1, 0.15) is 0 Å². The molecule has 0 aromatic rings. The van der Waals surface area contributed by atoms with Crippen LogP contribution in [0.3, 0.4) is 0 Å². The van der Waals surface area contributed by atoms with Gasteiger partial charge in [-0.05, 0) is 14.3 Å². The second kappa shape index (κ2) is 10.7. The molecule has 0 aliphatic carbocycles. The van der Waals surface area contributed by atoms with E-state index in [4.69, 9.17) is 4.74 Å². The first-order chi connectivity index (χ1) is 6.06. The van der Waals surface area contributed by atoms with Crippen molar-refractivity contribution in [3.05, 3.63) is 17.7 Å². The summed E-state index contributed by atoms with van der Waals surface area (Å²) in [5, 5.41) is 0. The van der Waals surface area contributed by atoms with E-state index in [1.54, 1.807) is 7.11 Å². The van der Waals surface area contributed by atoms with Gasteiger partial charge in [-0.15, -0.1) is 0 Å². The summed E-state index contributed by atoms with van der Waals surface area (Å²) in [6, 6.07) is 0. The van der Waals surface area contributed by atoms with Crippen molar-refractivity contribution in [2.75, 3.05) is 13.9 Å². The molecule has 0 aromatic carbocycles. The van der Waals surface area contributed by atoms with Crippen LogP contribution in [0.4, 0.5) is 0 Å².